The first-order chi connectivity index (χ1) is 12.5. The van der Waals surface area contributed by atoms with Crippen LogP contribution in [0.1, 0.15) is 31.4 Å². The van der Waals surface area contributed by atoms with Crippen molar-refractivity contribution in [1.29, 1.82) is 0 Å². The van der Waals surface area contributed by atoms with Gasteiger partial charge in [-0.1, -0.05) is 48.0 Å². The van der Waals surface area contributed by atoms with E-state index in [1.807, 2.05) is 80.3 Å². The molecular weight excluding hydrogens is 324 g/mol. The van der Waals surface area contributed by atoms with Crippen molar-refractivity contribution in [3.63, 3.8) is 0 Å². The molecule has 0 spiro atoms. The summed E-state index contributed by atoms with van der Waals surface area (Å²) >= 11 is 0. The van der Waals surface area contributed by atoms with E-state index in [1.165, 1.54) is 0 Å². The van der Waals surface area contributed by atoms with Crippen LogP contribution in [0.3, 0.4) is 0 Å². The highest BCUT2D eigenvalue weighted by molar-refractivity contribution is 5.99. The number of carbonyl (C=O) groups excluding carboxylic acids is 2. The smallest absolute Gasteiger partial charge is 0.228 e. The molecule has 2 unspecified atom stereocenters. The number of nitrogens with one attached hydrogen (secondary N) is 1. The van der Waals surface area contributed by atoms with E-state index in [0.29, 0.717) is 13.0 Å². The zero-order chi connectivity index (χ0) is 18.7. The molecule has 2 aromatic carbocycles. The van der Waals surface area contributed by atoms with E-state index in [9.17, 15) is 9.59 Å². The van der Waals surface area contributed by atoms with Crippen molar-refractivity contribution in [1.82, 2.24) is 4.90 Å². The molecule has 0 radical (unpaired) electrons. The first kappa shape index (κ1) is 18.2. The van der Waals surface area contributed by atoms with Crippen molar-refractivity contribution < 1.29 is 9.59 Å². The van der Waals surface area contributed by atoms with Crippen LogP contribution >= 0.6 is 0 Å². The second-order valence-corrected chi connectivity index (χ2v) is 7.35. The lowest BCUT2D eigenvalue weighted by Gasteiger charge is -2.27. The molecule has 26 heavy (non-hydrogen) atoms. The predicted molar refractivity (Wildman–Crippen MR) is 104 cm³/mol. The first-order valence-electron chi connectivity index (χ1n) is 9.17. The Morgan fingerprint density at radius 3 is 2.31 bits per heavy atom. The molecule has 2 atom stereocenters. The van der Waals surface area contributed by atoms with Crippen molar-refractivity contribution in [3.8, 4) is 0 Å². The monoisotopic (exact) mass is 350 g/mol. The second kappa shape index (κ2) is 7.73. The molecule has 0 saturated heterocycles. The van der Waals surface area contributed by atoms with E-state index in [2.05, 4.69) is 5.32 Å². The largest absolute Gasteiger partial charge is 0.336 e. The summed E-state index contributed by atoms with van der Waals surface area (Å²) in [5, 5.41) is 2.92. The minimum atomic E-state index is -0.221. The van der Waals surface area contributed by atoms with Crippen molar-refractivity contribution in [2.45, 2.75) is 39.8 Å². The molecule has 1 aliphatic rings. The maximum absolute atomic E-state index is 12.9. The molecule has 1 N–H and O–H groups in total. The van der Waals surface area contributed by atoms with E-state index < -0.39 is 0 Å². The van der Waals surface area contributed by atoms with Gasteiger partial charge in [0.2, 0.25) is 11.8 Å². The number of hydrogen-bond acceptors (Lipinski definition) is 2. The minimum Gasteiger partial charge on any atom is -0.336 e. The van der Waals surface area contributed by atoms with Gasteiger partial charge in [0.25, 0.3) is 0 Å². The molecule has 136 valence electrons. The van der Waals surface area contributed by atoms with Gasteiger partial charge in [-0.25, -0.2) is 0 Å². The van der Waals surface area contributed by atoms with Crippen molar-refractivity contribution in [2.24, 2.45) is 11.8 Å². The Morgan fingerprint density at radius 1 is 1.04 bits per heavy atom. The zero-order valence-corrected chi connectivity index (χ0v) is 15.6. The maximum Gasteiger partial charge on any atom is 0.228 e. The van der Waals surface area contributed by atoms with Crippen LogP contribution in [-0.2, 0) is 16.1 Å². The van der Waals surface area contributed by atoms with E-state index >= 15 is 0 Å². The summed E-state index contributed by atoms with van der Waals surface area (Å²) in [6.45, 7) is 6.63. The Morgan fingerprint density at radius 2 is 1.69 bits per heavy atom. The average Bonchev–Trinajstić information content (AvgIpc) is 3.43. The summed E-state index contributed by atoms with van der Waals surface area (Å²) in [4.78, 5) is 27.2. The molecule has 1 aliphatic carbocycles. The molecule has 1 saturated carbocycles. The van der Waals surface area contributed by atoms with E-state index in [4.69, 9.17) is 0 Å². The van der Waals surface area contributed by atoms with Crippen molar-refractivity contribution in [3.05, 3.63) is 65.7 Å². The molecule has 0 aliphatic heterocycles. The van der Waals surface area contributed by atoms with Gasteiger partial charge in [-0.2, -0.15) is 0 Å². The number of nitrogens with zero attached hydrogens (tertiary/aromatic N) is 1. The lowest BCUT2D eigenvalue weighted by Crippen LogP contribution is -2.38. The Balaban J connectivity index is 1.60. The highest BCUT2D eigenvalue weighted by Crippen LogP contribution is 2.41. The summed E-state index contributed by atoms with van der Waals surface area (Å²) in [7, 11) is 0. The Labute approximate surface area is 155 Å². The number of anilines is 1. The number of aryl methyl sites for hydroxylation is 1. The molecule has 1 fully saturated rings. The average molecular weight is 350 g/mol. The SMILES string of the molecule is Cc1ccc(NC(=O)C2CC2C(=O)N(Cc2ccccc2)C(C)C)cc1. The quantitative estimate of drug-likeness (QED) is 0.856. The van der Waals surface area contributed by atoms with Gasteiger partial charge in [-0.15, -0.1) is 0 Å². The van der Waals surface area contributed by atoms with Crippen LogP contribution in [0.15, 0.2) is 54.6 Å². The predicted octanol–water partition coefficient (Wildman–Crippen LogP) is 4.01. The van der Waals surface area contributed by atoms with Crippen LogP contribution in [0.2, 0.25) is 0 Å². The number of benzene rings is 2. The summed E-state index contributed by atoms with van der Waals surface area (Å²) < 4.78 is 0. The molecule has 4 nitrogen and oxygen atoms in total. The zero-order valence-electron chi connectivity index (χ0n) is 15.6. The van der Waals surface area contributed by atoms with Gasteiger partial charge in [0.1, 0.15) is 0 Å². The fourth-order valence-electron chi connectivity index (χ4n) is 3.14. The van der Waals surface area contributed by atoms with Crippen LogP contribution in [0.4, 0.5) is 5.69 Å². The van der Waals surface area contributed by atoms with E-state index in [0.717, 1.165) is 16.8 Å². The van der Waals surface area contributed by atoms with Gasteiger partial charge < -0.3 is 10.2 Å². The standard InChI is InChI=1S/C22H26N2O2/c1-15(2)24(14-17-7-5-4-6-8-17)22(26)20-13-19(20)21(25)23-18-11-9-16(3)10-12-18/h4-12,15,19-20H,13-14H2,1-3H3,(H,23,25). The van der Waals surface area contributed by atoms with Gasteiger partial charge in [0.05, 0.1) is 11.8 Å². The van der Waals surface area contributed by atoms with Crippen LogP contribution < -0.4 is 5.32 Å². The summed E-state index contributed by atoms with van der Waals surface area (Å²) in [6, 6.07) is 17.8. The second-order valence-electron chi connectivity index (χ2n) is 7.35. The van der Waals surface area contributed by atoms with Crippen LogP contribution in [-0.4, -0.2) is 22.8 Å². The molecule has 2 aromatic rings. The molecule has 4 heteroatoms. The number of carbonyl (C=O) groups is 2. The molecule has 0 aromatic heterocycles. The van der Waals surface area contributed by atoms with Crippen molar-refractivity contribution in [2.75, 3.05) is 5.32 Å². The lowest BCUT2D eigenvalue weighted by molar-refractivity contribution is -0.136. The number of amides is 2. The van der Waals surface area contributed by atoms with Gasteiger partial charge in [0.15, 0.2) is 0 Å². The Kier molecular flexibility index (Phi) is 5.40. The van der Waals surface area contributed by atoms with Gasteiger partial charge in [-0.3, -0.25) is 9.59 Å². The fourth-order valence-corrected chi connectivity index (χ4v) is 3.14. The van der Waals surface area contributed by atoms with Crippen LogP contribution in [0.5, 0.6) is 0 Å². The highest BCUT2D eigenvalue weighted by Gasteiger charge is 2.49. The third kappa shape index (κ3) is 4.31. The molecule has 0 heterocycles. The number of hydrogen-bond donors (Lipinski definition) is 1. The maximum atomic E-state index is 12.9. The summed E-state index contributed by atoms with van der Waals surface area (Å²) in [5.74, 6) is -0.407. The molecule has 0 bridgehead atoms. The van der Waals surface area contributed by atoms with Gasteiger partial charge >= 0.3 is 0 Å². The van der Waals surface area contributed by atoms with Crippen LogP contribution in [0, 0.1) is 18.8 Å². The molecule has 3 rings (SSSR count). The molecule has 2 amide bonds. The summed E-state index contributed by atoms with van der Waals surface area (Å²) in [5.41, 5.74) is 3.04. The van der Waals surface area contributed by atoms with Crippen LogP contribution in [0.25, 0.3) is 0 Å². The summed E-state index contributed by atoms with van der Waals surface area (Å²) in [6.07, 6.45) is 0.633. The third-order valence-corrected chi connectivity index (χ3v) is 4.87. The normalized spacial score (nSPS) is 18.5. The fraction of sp³-hybridized carbons (Fsp3) is 0.364. The Hall–Kier alpha value is -2.62. The topological polar surface area (TPSA) is 49.4 Å². The lowest BCUT2D eigenvalue weighted by atomic mass is 10.1. The van der Waals surface area contributed by atoms with Gasteiger partial charge in [-0.05, 0) is 44.9 Å². The minimum absolute atomic E-state index is 0.0596. The highest BCUT2D eigenvalue weighted by atomic mass is 16.2. The van der Waals surface area contributed by atoms with Gasteiger partial charge in [0, 0.05) is 18.3 Å². The molecular formula is C22H26N2O2. The van der Waals surface area contributed by atoms with E-state index in [-0.39, 0.29) is 29.7 Å². The third-order valence-electron chi connectivity index (χ3n) is 4.87. The Bertz CT molecular complexity index is 768. The van der Waals surface area contributed by atoms with E-state index in [1.54, 1.807) is 0 Å². The first-order valence-corrected chi connectivity index (χ1v) is 9.17. The van der Waals surface area contributed by atoms with Crippen molar-refractivity contribution >= 4 is 17.5 Å². The number of rotatable bonds is 6.